The zero-order chi connectivity index (χ0) is 10.8. The van der Waals surface area contributed by atoms with Crippen molar-refractivity contribution in [2.45, 2.75) is 46.5 Å². The van der Waals surface area contributed by atoms with Gasteiger partial charge < -0.3 is 0 Å². The van der Waals surface area contributed by atoms with E-state index in [9.17, 15) is 0 Å². The fourth-order valence-corrected chi connectivity index (χ4v) is 2.08. The lowest BCUT2D eigenvalue weighted by Crippen LogP contribution is -1.89. The van der Waals surface area contributed by atoms with Crippen LogP contribution in [0.3, 0.4) is 0 Å². The molecule has 0 aromatic rings. The maximum atomic E-state index is 4.11. The lowest BCUT2D eigenvalue weighted by Gasteiger charge is -2.07. The van der Waals surface area contributed by atoms with Crippen LogP contribution in [0.25, 0.3) is 0 Å². The highest BCUT2D eigenvalue weighted by Gasteiger charge is 1.98. The molecule has 0 aliphatic rings. The molecule has 82 valence electrons. The molecule has 0 unspecified atom stereocenters. The molecule has 0 N–H and O–H groups in total. The topological polar surface area (TPSA) is 0 Å². The largest absolute Gasteiger partial charge is 0.158 e. The van der Waals surface area contributed by atoms with Crippen molar-refractivity contribution in [3.05, 3.63) is 23.8 Å². The third-order valence-corrected chi connectivity index (χ3v) is 3.30. The molecule has 0 fully saturated rings. The van der Waals surface area contributed by atoms with Crippen LogP contribution in [0.1, 0.15) is 46.5 Å². The summed E-state index contributed by atoms with van der Waals surface area (Å²) in [6.07, 6.45) is 7.15. The van der Waals surface area contributed by atoms with Gasteiger partial charge in [-0.1, -0.05) is 45.4 Å². The summed E-state index contributed by atoms with van der Waals surface area (Å²) >= 11 is 2.02. The zero-order valence-electron chi connectivity index (χ0n) is 9.94. The van der Waals surface area contributed by atoms with E-state index in [1.165, 1.54) is 36.2 Å². The minimum absolute atomic E-state index is 1.09. The lowest BCUT2D eigenvalue weighted by atomic mass is 10.0. The van der Waals surface area contributed by atoms with E-state index >= 15 is 0 Å². The van der Waals surface area contributed by atoms with Crippen LogP contribution in [0, 0.1) is 0 Å². The Hall–Kier alpha value is -0.170. The van der Waals surface area contributed by atoms with Crippen molar-refractivity contribution in [1.82, 2.24) is 0 Å². The smallest absolute Gasteiger partial charge is 0.0119 e. The SMILES string of the molecule is C=C(CC)/C(=C/CSCCC)CCC. The van der Waals surface area contributed by atoms with Crippen molar-refractivity contribution in [3.63, 3.8) is 0 Å². The Morgan fingerprint density at radius 2 is 1.93 bits per heavy atom. The fraction of sp³-hybridized carbons (Fsp3) is 0.692. The van der Waals surface area contributed by atoms with Crippen LogP contribution < -0.4 is 0 Å². The highest BCUT2D eigenvalue weighted by Crippen LogP contribution is 2.18. The van der Waals surface area contributed by atoms with Crippen LogP contribution in [-0.2, 0) is 0 Å². The van der Waals surface area contributed by atoms with Gasteiger partial charge in [-0.3, -0.25) is 0 Å². The average Bonchev–Trinajstić information content (AvgIpc) is 2.21. The van der Waals surface area contributed by atoms with Gasteiger partial charge in [-0.2, -0.15) is 11.8 Å². The monoisotopic (exact) mass is 212 g/mol. The first-order valence-electron chi connectivity index (χ1n) is 5.71. The minimum Gasteiger partial charge on any atom is -0.158 e. The molecular weight excluding hydrogens is 188 g/mol. The van der Waals surface area contributed by atoms with E-state index in [4.69, 9.17) is 0 Å². The van der Waals surface area contributed by atoms with E-state index in [1.807, 2.05) is 11.8 Å². The zero-order valence-corrected chi connectivity index (χ0v) is 10.8. The minimum atomic E-state index is 1.09. The number of rotatable bonds is 8. The quantitative estimate of drug-likeness (QED) is 0.410. The fourth-order valence-electron chi connectivity index (χ4n) is 1.31. The Balaban J connectivity index is 3.98. The predicted molar refractivity (Wildman–Crippen MR) is 70.0 cm³/mol. The van der Waals surface area contributed by atoms with Crippen LogP contribution in [0.5, 0.6) is 0 Å². The molecule has 0 aromatic carbocycles. The van der Waals surface area contributed by atoms with Crippen LogP contribution >= 0.6 is 11.8 Å². The summed E-state index contributed by atoms with van der Waals surface area (Å²) in [6, 6.07) is 0. The Bertz CT molecular complexity index is 180. The average molecular weight is 212 g/mol. The van der Waals surface area contributed by atoms with E-state index in [-0.39, 0.29) is 0 Å². The van der Waals surface area contributed by atoms with Crippen LogP contribution in [0.15, 0.2) is 23.8 Å². The molecule has 0 spiro atoms. The number of hydrogen-bond donors (Lipinski definition) is 0. The lowest BCUT2D eigenvalue weighted by molar-refractivity contribution is 0.894. The second-order valence-corrected chi connectivity index (χ2v) is 4.66. The molecular formula is C13H24S. The molecule has 0 nitrogen and oxygen atoms in total. The standard InChI is InChI=1S/C13H24S/c1-5-8-13(12(4)7-3)9-11-14-10-6-2/h9H,4-8,10-11H2,1-3H3/b13-9+. The van der Waals surface area contributed by atoms with Gasteiger partial charge in [0.2, 0.25) is 0 Å². The first-order chi connectivity index (χ1) is 6.76. The Labute approximate surface area is 93.9 Å². The number of thioether (sulfide) groups is 1. The Morgan fingerprint density at radius 1 is 1.21 bits per heavy atom. The molecule has 0 bridgehead atoms. The van der Waals surface area contributed by atoms with Crippen LogP contribution in [0.2, 0.25) is 0 Å². The highest BCUT2D eigenvalue weighted by molar-refractivity contribution is 7.99. The summed E-state index contributed by atoms with van der Waals surface area (Å²) in [5.74, 6) is 2.43. The van der Waals surface area contributed by atoms with E-state index in [1.54, 1.807) is 0 Å². The summed E-state index contributed by atoms with van der Waals surface area (Å²) in [5.41, 5.74) is 2.81. The maximum Gasteiger partial charge on any atom is 0.0119 e. The first-order valence-corrected chi connectivity index (χ1v) is 6.86. The van der Waals surface area contributed by atoms with Gasteiger partial charge >= 0.3 is 0 Å². The van der Waals surface area contributed by atoms with Gasteiger partial charge in [-0.25, -0.2) is 0 Å². The Kier molecular flexibility index (Phi) is 9.27. The van der Waals surface area contributed by atoms with Crippen molar-refractivity contribution in [2.75, 3.05) is 11.5 Å². The van der Waals surface area contributed by atoms with Crippen molar-refractivity contribution >= 4 is 11.8 Å². The van der Waals surface area contributed by atoms with Crippen molar-refractivity contribution in [2.24, 2.45) is 0 Å². The summed E-state index contributed by atoms with van der Waals surface area (Å²) in [5, 5.41) is 0. The van der Waals surface area contributed by atoms with Crippen molar-refractivity contribution in [1.29, 1.82) is 0 Å². The van der Waals surface area contributed by atoms with Crippen molar-refractivity contribution < 1.29 is 0 Å². The first kappa shape index (κ1) is 13.8. The summed E-state index contributed by atoms with van der Waals surface area (Å²) in [6.45, 7) is 10.8. The maximum absolute atomic E-state index is 4.11. The molecule has 0 radical (unpaired) electrons. The molecule has 1 heteroatoms. The van der Waals surface area contributed by atoms with Gasteiger partial charge in [0.1, 0.15) is 0 Å². The van der Waals surface area contributed by atoms with Gasteiger partial charge in [0.15, 0.2) is 0 Å². The molecule has 0 saturated heterocycles. The predicted octanol–water partition coefficient (Wildman–Crippen LogP) is 4.82. The van der Waals surface area contributed by atoms with Gasteiger partial charge in [0.25, 0.3) is 0 Å². The third kappa shape index (κ3) is 6.31. The molecule has 0 amide bonds. The van der Waals surface area contributed by atoms with E-state index in [0.717, 1.165) is 12.2 Å². The molecule has 0 rings (SSSR count). The molecule has 0 saturated carbocycles. The molecule has 0 aliphatic carbocycles. The molecule has 0 heterocycles. The van der Waals surface area contributed by atoms with Gasteiger partial charge in [-0.15, -0.1) is 0 Å². The van der Waals surface area contributed by atoms with E-state index in [0.29, 0.717) is 0 Å². The summed E-state index contributed by atoms with van der Waals surface area (Å²) in [7, 11) is 0. The van der Waals surface area contributed by atoms with E-state index in [2.05, 4.69) is 33.4 Å². The van der Waals surface area contributed by atoms with Crippen molar-refractivity contribution in [3.8, 4) is 0 Å². The summed E-state index contributed by atoms with van der Waals surface area (Å²) in [4.78, 5) is 0. The molecule has 0 aliphatic heterocycles. The van der Waals surface area contributed by atoms with Crippen LogP contribution in [0.4, 0.5) is 0 Å². The van der Waals surface area contributed by atoms with Crippen LogP contribution in [-0.4, -0.2) is 11.5 Å². The normalized spacial score (nSPS) is 11.8. The third-order valence-electron chi connectivity index (χ3n) is 2.20. The number of allylic oxidation sites excluding steroid dienone is 2. The molecule has 0 aromatic heterocycles. The summed E-state index contributed by atoms with van der Waals surface area (Å²) < 4.78 is 0. The second kappa shape index (κ2) is 9.39. The van der Waals surface area contributed by atoms with Gasteiger partial charge in [-0.05, 0) is 30.6 Å². The Morgan fingerprint density at radius 3 is 2.43 bits per heavy atom. The number of hydrogen-bond acceptors (Lipinski definition) is 1. The molecule has 0 atom stereocenters. The molecule has 14 heavy (non-hydrogen) atoms. The van der Waals surface area contributed by atoms with Gasteiger partial charge in [0, 0.05) is 5.75 Å². The highest BCUT2D eigenvalue weighted by atomic mass is 32.2. The van der Waals surface area contributed by atoms with E-state index < -0.39 is 0 Å². The second-order valence-electron chi connectivity index (χ2n) is 3.51. The van der Waals surface area contributed by atoms with Gasteiger partial charge in [0.05, 0.1) is 0 Å².